The number of amides is 1. The van der Waals surface area contributed by atoms with E-state index in [9.17, 15) is 13.2 Å². The van der Waals surface area contributed by atoms with Crippen molar-refractivity contribution in [2.24, 2.45) is 5.14 Å². The zero-order valence-electron chi connectivity index (χ0n) is 11.0. The van der Waals surface area contributed by atoms with Gasteiger partial charge in [-0.15, -0.1) is 0 Å². The fraction of sp³-hybridized carbons (Fsp3) is 0.308. The molecule has 0 aliphatic rings. The van der Waals surface area contributed by atoms with Crippen LogP contribution in [0.25, 0.3) is 0 Å². The molecule has 0 aromatic heterocycles. The summed E-state index contributed by atoms with van der Waals surface area (Å²) < 4.78 is 22.5. The molecule has 0 fully saturated rings. The van der Waals surface area contributed by atoms with Gasteiger partial charge in [-0.1, -0.05) is 18.2 Å². The van der Waals surface area contributed by atoms with Gasteiger partial charge in [0, 0.05) is 12.1 Å². The summed E-state index contributed by atoms with van der Waals surface area (Å²) in [5.74, 6) is -0.299. The Bertz CT molecular complexity index is 592. The Morgan fingerprint density at radius 3 is 2.68 bits per heavy atom. The molecule has 1 aromatic rings. The summed E-state index contributed by atoms with van der Waals surface area (Å²) in [6.07, 6.45) is 4.57. The maximum absolute atomic E-state index is 11.9. The number of nitrogens with one attached hydrogen (secondary N) is 1. The third kappa shape index (κ3) is 4.50. The monoisotopic (exact) mass is 282 g/mol. The van der Waals surface area contributed by atoms with Crippen molar-refractivity contribution < 1.29 is 13.2 Å². The minimum Gasteiger partial charge on any atom is -0.352 e. The molecule has 6 heteroatoms. The molecule has 3 N–H and O–H groups in total. The van der Waals surface area contributed by atoms with E-state index in [2.05, 4.69) is 5.32 Å². The van der Waals surface area contributed by atoms with Gasteiger partial charge in [0.15, 0.2) is 0 Å². The molecule has 0 saturated heterocycles. The molecule has 0 aliphatic carbocycles. The van der Waals surface area contributed by atoms with Gasteiger partial charge in [-0.05, 0) is 38.0 Å². The second-order valence-corrected chi connectivity index (χ2v) is 5.70. The largest absolute Gasteiger partial charge is 0.352 e. The van der Waals surface area contributed by atoms with E-state index in [0.717, 1.165) is 6.42 Å². The third-order valence-electron chi connectivity index (χ3n) is 2.61. The van der Waals surface area contributed by atoms with Crippen LogP contribution in [0.4, 0.5) is 0 Å². The quantitative estimate of drug-likeness (QED) is 0.631. The fourth-order valence-corrected chi connectivity index (χ4v) is 2.09. The van der Waals surface area contributed by atoms with Crippen LogP contribution < -0.4 is 10.5 Å². The average molecular weight is 282 g/mol. The van der Waals surface area contributed by atoms with E-state index in [1.165, 1.54) is 12.1 Å². The zero-order chi connectivity index (χ0) is 14.5. The van der Waals surface area contributed by atoms with Crippen molar-refractivity contribution in [1.82, 2.24) is 5.32 Å². The lowest BCUT2D eigenvalue weighted by atomic mass is 10.1. The van der Waals surface area contributed by atoms with E-state index in [-0.39, 0.29) is 10.8 Å². The minimum atomic E-state index is -3.80. The fourth-order valence-electron chi connectivity index (χ4n) is 1.55. The van der Waals surface area contributed by atoms with Crippen LogP contribution in [0, 0.1) is 6.92 Å². The molecule has 1 rings (SSSR count). The molecule has 104 valence electrons. The molecule has 1 aromatic carbocycles. The normalized spacial score (nSPS) is 11.7. The van der Waals surface area contributed by atoms with Gasteiger partial charge in [0.2, 0.25) is 10.0 Å². The highest BCUT2D eigenvalue weighted by atomic mass is 32.2. The number of aryl methyl sites for hydroxylation is 1. The van der Waals surface area contributed by atoms with Crippen molar-refractivity contribution in [3.8, 4) is 0 Å². The Hall–Kier alpha value is -1.66. The van der Waals surface area contributed by atoms with Gasteiger partial charge in [-0.3, -0.25) is 4.79 Å². The lowest BCUT2D eigenvalue weighted by Gasteiger charge is -2.08. The summed E-state index contributed by atoms with van der Waals surface area (Å²) in [6, 6.07) is 4.26. The second-order valence-electron chi connectivity index (χ2n) is 4.14. The number of sulfonamides is 1. The van der Waals surface area contributed by atoms with Crippen LogP contribution in [-0.4, -0.2) is 20.9 Å². The molecule has 0 radical (unpaired) electrons. The van der Waals surface area contributed by atoms with E-state index < -0.39 is 10.0 Å². The standard InChI is InChI=1S/C13H18N2O3S/c1-3-4-5-8-15-13(16)12-9-11(19(14,17)18)7-6-10(12)2/h3-4,6-7,9H,5,8H2,1-2H3,(H,15,16)(H2,14,17,18)/b4-3+. The molecule has 0 unspecified atom stereocenters. The summed E-state index contributed by atoms with van der Waals surface area (Å²) in [5.41, 5.74) is 1.03. The van der Waals surface area contributed by atoms with Crippen molar-refractivity contribution in [1.29, 1.82) is 0 Å². The number of nitrogens with two attached hydrogens (primary N) is 1. The van der Waals surface area contributed by atoms with Crippen LogP contribution in [-0.2, 0) is 10.0 Å². The van der Waals surface area contributed by atoms with Crippen molar-refractivity contribution in [3.05, 3.63) is 41.5 Å². The lowest BCUT2D eigenvalue weighted by molar-refractivity contribution is 0.0953. The molecule has 19 heavy (non-hydrogen) atoms. The maximum Gasteiger partial charge on any atom is 0.251 e. The Morgan fingerprint density at radius 1 is 1.42 bits per heavy atom. The second kappa shape index (κ2) is 6.49. The first kappa shape index (κ1) is 15.4. The first-order valence-corrected chi connectivity index (χ1v) is 7.43. The van der Waals surface area contributed by atoms with E-state index in [1.54, 1.807) is 13.0 Å². The Balaban J connectivity index is 2.90. The summed E-state index contributed by atoms with van der Waals surface area (Å²) in [7, 11) is -3.80. The Kier molecular flexibility index (Phi) is 5.26. The number of hydrogen-bond donors (Lipinski definition) is 2. The van der Waals surface area contributed by atoms with Gasteiger partial charge in [-0.25, -0.2) is 13.6 Å². The van der Waals surface area contributed by atoms with Crippen LogP contribution in [0.5, 0.6) is 0 Å². The molecule has 5 nitrogen and oxygen atoms in total. The number of primary sulfonamides is 1. The SMILES string of the molecule is C/C=C/CCNC(=O)c1cc(S(N)(=O)=O)ccc1C. The number of hydrogen-bond acceptors (Lipinski definition) is 3. The van der Waals surface area contributed by atoms with Crippen molar-refractivity contribution in [3.63, 3.8) is 0 Å². The van der Waals surface area contributed by atoms with Gasteiger partial charge >= 0.3 is 0 Å². The summed E-state index contributed by atoms with van der Waals surface area (Å²) in [5, 5.41) is 7.77. The van der Waals surface area contributed by atoms with Crippen LogP contribution in [0.2, 0.25) is 0 Å². The first-order valence-electron chi connectivity index (χ1n) is 5.89. The predicted molar refractivity (Wildman–Crippen MR) is 74.3 cm³/mol. The van der Waals surface area contributed by atoms with E-state index in [1.807, 2.05) is 19.1 Å². The third-order valence-corrected chi connectivity index (χ3v) is 3.53. The maximum atomic E-state index is 11.9. The number of carbonyl (C=O) groups is 1. The van der Waals surface area contributed by atoms with E-state index in [0.29, 0.717) is 17.7 Å². The molecular formula is C13H18N2O3S. The van der Waals surface area contributed by atoms with Crippen molar-refractivity contribution >= 4 is 15.9 Å². The summed E-state index contributed by atoms with van der Waals surface area (Å²) in [6.45, 7) is 4.15. The van der Waals surface area contributed by atoms with E-state index >= 15 is 0 Å². The van der Waals surface area contributed by atoms with Crippen LogP contribution in [0.1, 0.15) is 29.3 Å². The number of carbonyl (C=O) groups excluding carboxylic acids is 1. The predicted octanol–water partition coefficient (Wildman–Crippen LogP) is 1.34. The number of rotatable bonds is 5. The average Bonchev–Trinajstić information content (AvgIpc) is 2.33. The Morgan fingerprint density at radius 2 is 2.11 bits per heavy atom. The topological polar surface area (TPSA) is 89.3 Å². The zero-order valence-corrected chi connectivity index (χ0v) is 11.8. The minimum absolute atomic E-state index is 0.0586. The smallest absolute Gasteiger partial charge is 0.251 e. The summed E-state index contributed by atoms with van der Waals surface area (Å²) >= 11 is 0. The van der Waals surface area contributed by atoms with Crippen molar-refractivity contribution in [2.45, 2.75) is 25.2 Å². The van der Waals surface area contributed by atoms with Gasteiger partial charge < -0.3 is 5.32 Å². The van der Waals surface area contributed by atoms with Gasteiger partial charge in [0.1, 0.15) is 0 Å². The number of benzene rings is 1. The lowest BCUT2D eigenvalue weighted by Crippen LogP contribution is -2.25. The van der Waals surface area contributed by atoms with Gasteiger partial charge in [0.25, 0.3) is 5.91 Å². The van der Waals surface area contributed by atoms with Crippen molar-refractivity contribution in [2.75, 3.05) is 6.54 Å². The van der Waals surface area contributed by atoms with Crippen LogP contribution in [0.3, 0.4) is 0 Å². The Labute approximate surface area is 113 Å². The molecule has 1 amide bonds. The highest BCUT2D eigenvalue weighted by molar-refractivity contribution is 7.89. The molecule has 0 aliphatic heterocycles. The first-order chi connectivity index (χ1) is 8.86. The molecule has 0 saturated carbocycles. The van der Waals surface area contributed by atoms with Crippen LogP contribution >= 0.6 is 0 Å². The molecule has 0 spiro atoms. The highest BCUT2D eigenvalue weighted by Gasteiger charge is 2.14. The van der Waals surface area contributed by atoms with Gasteiger partial charge in [0.05, 0.1) is 4.90 Å². The van der Waals surface area contributed by atoms with E-state index in [4.69, 9.17) is 5.14 Å². The molecule has 0 bridgehead atoms. The molecule has 0 heterocycles. The molecule has 0 atom stereocenters. The number of allylic oxidation sites excluding steroid dienone is 1. The van der Waals surface area contributed by atoms with Gasteiger partial charge in [-0.2, -0.15) is 0 Å². The van der Waals surface area contributed by atoms with Crippen LogP contribution in [0.15, 0.2) is 35.2 Å². The highest BCUT2D eigenvalue weighted by Crippen LogP contribution is 2.14. The molecular weight excluding hydrogens is 264 g/mol. The summed E-state index contributed by atoms with van der Waals surface area (Å²) in [4.78, 5) is 11.9.